The maximum absolute atomic E-state index is 5.98. The molecule has 0 spiro atoms. The molecule has 0 amide bonds. The van der Waals surface area contributed by atoms with Gasteiger partial charge in [-0.1, -0.05) is 38.4 Å². The zero-order valence-corrected chi connectivity index (χ0v) is 13.7. The first kappa shape index (κ1) is 15.7. The van der Waals surface area contributed by atoms with Crippen molar-refractivity contribution in [2.75, 3.05) is 31.5 Å². The first-order valence-corrected chi connectivity index (χ1v) is 8.05. The van der Waals surface area contributed by atoms with Crippen LogP contribution in [0, 0.1) is 11.3 Å². The molecule has 0 atom stereocenters. The summed E-state index contributed by atoms with van der Waals surface area (Å²) in [5, 5.41) is 4.24. The molecule has 0 radical (unpaired) electrons. The van der Waals surface area contributed by atoms with Gasteiger partial charge in [-0.05, 0) is 55.5 Å². The zero-order chi connectivity index (χ0) is 14.6. The molecule has 1 aliphatic heterocycles. The van der Waals surface area contributed by atoms with Gasteiger partial charge in [-0.2, -0.15) is 0 Å². The van der Waals surface area contributed by atoms with Gasteiger partial charge < -0.3 is 10.2 Å². The normalized spacial score (nSPS) is 18.2. The van der Waals surface area contributed by atoms with E-state index in [1.807, 2.05) is 18.2 Å². The Bertz CT molecular complexity index is 417. The quantitative estimate of drug-likeness (QED) is 0.879. The minimum absolute atomic E-state index is 0.463. The fraction of sp³-hybridized carbons (Fsp3) is 0.647. The molecule has 112 valence electrons. The molecule has 1 saturated heterocycles. The zero-order valence-electron chi connectivity index (χ0n) is 13.0. The number of nitrogens with one attached hydrogen (secondary N) is 1. The molecule has 0 aromatic heterocycles. The van der Waals surface area contributed by atoms with Crippen molar-refractivity contribution in [3.05, 3.63) is 29.3 Å². The number of likely N-dealkylation sites (tertiary alicyclic amines) is 1. The average Bonchev–Trinajstić information content (AvgIpc) is 2.38. The molecule has 2 nitrogen and oxygen atoms in total. The van der Waals surface area contributed by atoms with E-state index in [0.29, 0.717) is 5.41 Å². The molecular weight excluding hydrogens is 268 g/mol. The molecule has 0 bridgehead atoms. The number of hydrogen-bond donors (Lipinski definition) is 1. The van der Waals surface area contributed by atoms with E-state index in [-0.39, 0.29) is 0 Å². The number of nitrogens with zero attached hydrogens (tertiary/aromatic N) is 1. The third kappa shape index (κ3) is 4.68. The van der Waals surface area contributed by atoms with Crippen LogP contribution in [0.4, 0.5) is 5.69 Å². The van der Waals surface area contributed by atoms with Crippen molar-refractivity contribution in [1.29, 1.82) is 0 Å². The summed E-state index contributed by atoms with van der Waals surface area (Å²) in [6.45, 7) is 11.7. The van der Waals surface area contributed by atoms with Crippen LogP contribution < -0.4 is 5.32 Å². The van der Waals surface area contributed by atoms with Gasteiger partial charge in [-0.15, -0.1) is 0 Å². The van der Waals surface area contributed by atoms with Gasteiger partial charge >= 0.3 is 0 Å². The molecule has 1 fully saturated rings. The number of benzene rings is 1. The molecule has 20 heavy (non-hydrogen) atoms. The topological polar surface area (TPSA) is 15.3 Å². The molecule has 0 aliphatic carbocycles. The summed E-state index contributed by atoms with van der Waals surface area (Å²) in [6.07, 6.45) is 2.67. The van der Waals surface area contributed by atoms with Gasteiger partial charge in [-0.3, -0.25) is 0 Å². The Hall–Kier alpha value is -0.730. The van der Waals surface area contributed by atoms with Gasteiger partial charge in [0.2, 0.25) is 0 Å². The summed E-state index contributed by atoms with van der Waals surface area (Å²) in [5.74, 6) is 0.875. The van der Waals surface area contributed by atoms with Gasteiger partial charge in [0.15, 0.2) is 0 Å². The molecule has 3 heteroatoms. The fourth-order valence-corrected chi connectivity index (χ4v) is 3.17. The molecule has 1 aliphatic rings. The largest absolute Gasteiger partial charge is 0.384 e. The summed E-state index contributed by atoms with van der Waals surface area (Å²) >= 11 is 5.98. The fourth-order valence-electron chi connectivity index (χ4n) is 2.98. The second kappa shape index (κ2) is 6.82. The summed E-state index contributed by atoms with van der Waals surface area (Å²) in [6, 6.07) is 7.94. The highest BCUT2D eigenvalue weighted by Crippen LogP contribution is 2.34. The highest BCUT2D eigenvalue weighted by atomic mass is 35.5. The number of piperidine rings is 1. The van der Waals surface area contributed by atoms with E-state index in [0.717, 1.165) is 29.7 Å². The van der Waals surface area contributed by atoms with Crippen molar-refractivity contribution in [3.63, 3.8) is 0 Å². The van der Waals surface area contributed by atoms with E-state index in [9.17, 15) is 0 Å². The second-order valence-electron chi connectivity index (χ2n) is 6.92. The molecule has 1 N–H and O–H groups in total. The van der Waals surface area contributed by atoms with Crippen molar-refractivity contribution < 1.29 is 0 Å². The van der Waals surface area contributed by atoms with Crippen LogP contribution in [0.1, 0.15) is 33.6 Å². The molecule has 0 unspecified atom stereocenters. The highest BCUT2D eigenvalue weighted by molar-refractivity contribution is 6.30. The number of halogens is 1. The Labute approximate surface area is 128 Å². The first-order chi connectivity index (χ1) is 9.45. The van der Waals surface area contributed by atoms with E-state index in [4.69, 9.17) is 11.6 Å². The van der Waals surface area contributed by atoms with E-state index < -0.39 is 0 Å². The van der Waals surface area contributed by atoms with Crippen molar-refractivity contribution in [2.24, 2.45) is 11.3 Å². The molecule has 1 aromatic carbocycles. The van der Waals surface area contributed by atoms with Gasteiger partial charge in [0.1, 0.15) is 0 Å². The van der Waals surface area contributed by atoms with Crippen LogP contribution in [-0.2, 0) is 0 Å². The Morgan fingerprint density at radius 3 is 2.55 bits per heavy atom. The van der Waals surface area contributed by atoms with Gasteiger partial charge in [0, 0.05) is 23.8 Å². The van der Waals surface area contributed by atoms with Crippen LogP contribution in [-0.4, -0.2) is 31.1 Å². The third-order valence-corrected chi connectivity index (χ3v) is 4.63. The van der Waals surface area contributed by atoms with Crippen LogP contribution in [0.2, 0.25) is 5.02 Å². The lowest BCUT2D eigenvalue weighted by atomic mass is 9.75. The lowest BCUT2D eigenvalue weighted by Gasteiger charge is -2.38. The van der Waals surface area contributed by atoms with Gasteiger partial charge in [-0.25, -0.2) is 0 Å². The number of hydrogen-bond acceptors (Lipinski definition) is 2. The Morgan fingerprint density at radius 1 is 1.25 bits per heavy atom. The lowest BCUT2D eigenvalue weighted by Crippen LogP contribution is -2.40. The first-order valence-electron chi connectivity index (χ1n) is 7.67. The van der Waals surface area contributed by atoms with Crippen LogP contribution >= 0.6 is 11.6 Å². The maximum atomic E-state index is 5.98. The SMILES string of the molecule is CC(C)(C)C1CCN(CCNc2cccc(Cl)c2)CC1. The lowest BCUT2D eigenvalue weighted by molar-refractivity contribution is 0.115. The Balaban J connectivity index is 1.69. The Kier molecular flexibility index (Phi) is 5.34. The van der Waals surface area contributed by atoms with Crippen LogP contribution in [0.25, 0.3) is 0 Å². The average molecular weight is 295 g/mol. The van der Waals surface area contributed by atoms with Gasteiger partial charge in [0.05, 0.1) is 0 Å². The predicted octanol–water partition coefficient (Wildman–Crippen LogP) is 4.51. The molecular formula is C17H27ClN2. The number of rotatable bonds is 4. The minimum Gasteiger partial charge on any atom is -0.384 e. The van der Waals surface area contributed by atoms with Crippen molar-refractivity contribution in [2.45, 2.75) is 33.6 Å². The maximum Gasteiger partial charge on any atom is 0.0426 e. The highest BCUT2D eigenvalue weighted by Gasteiger charge is 2.28. The van der Waals surface area contributed by atoms with Gasteiger partial charge in [0.25, 0.3) is 0 Å². The monoisotopic (exact) mass is 294 g/mol. The standard InChI is InChI=1S/C17H27ClN2/c1-17(2,3)14-7-10-20(11-8-14)12-9-19-16-6-4-5-15(18)13-16/h4-6,13-14,19H,7-12H2,1-3H3. The predicted molar refractivity (Wildman–Crippen MR) is 88.6 cm³/mol. The summed E-state index contributed by atoms with van der Waals surface area (Å²) < 4.78 is 0. The molecule has 1 aromatic rings. The van der Waals surface area contributed by atoms with Crippen LogP contribution in [0.15, 0.2) is 24.3 Å². The summed E-state index contributed by atoms with van der Waals surface area (Å²) in [4.78, 5) is 2.57. The second-order valence-corrected chi connectivity index (χ2v) is 7.36. The van der Waals surface area contributed by atoms with Crippen molar-refractivity contribution in [1.82, 2.24) is 4.90 Å². The molecule has 1 heterocycles. The smallest absolute Gasteiger partial charge is 0.0426 e. The van der Waals surface area contributed by atoms with Crippen molar-refractivity contribution in [3.8, 4) is 0 Å². The summed E-state index contributed by atoms with van der Waals surface area (Å²) in [5.41, 5.74) is 1.58. The minimum atomic E-state index is 0.463. The van der Waals surface area contributed by atoms with Crippen LogP contribution in [0.3, 0.4) is 0 Å². The molecule has 0 saturated carbocycles. The van der Waals surface area contributed by atoms with E-state index in [1.54, 1.807) is 0 Å². The third-order valence-electron chi connectivity index (χ3n) is 4.39. The van der Waals surface area contributed by atoms with E-state index in [2.05, 4.69) is 37.1 Å². The summed E-state index contributed by atoms with van der Waals surface area (Å²) in [7, 11) is 0. The van der Waals surface area contributed by atoms with E-state index >= 15 is 0 Å². The van der Waals surface area contributed by atoms with E-state index in [1.165, 1.54) is 25.9 Å². The van der Waals surface area contributed by atoms with Crippen molar-refractivity contribution >= 4 is 17.3 Å². The number of anilines is 1. The van der Waals surface area contributed by atoms with Crippen LogP contribution in [0.5, 0.6) is 0 Å². The Morgan fingerprint density at radius 2 is 1.95 bits per heavy atom. The molecule has 2 rings (SSSR count).